The summed E-state index contributed by atoms with van der Waals surface area (Å²) in [6, 6.07) is 9.19. The molecule has 0 spiro atoms. The molecular weight excluding hydrogens is 384 g/mol. The number of rotatable bonds is 5. The summed E-state index contributed by atoms with van der Waals surface area (Å²) in [4.78, 5) is 18.3. The van der Waals surface area contributed by atoms with Crippen LogP contribution < -0.4 is 4.90 Å². The van der Waals surface area contributed by atoms with Crippen molar-refractivity contribution < 1.29 is 9.90 Å². The molecule has 1 aliphatic rings. The molecule has 0 radical (unpaired) electrons. The third-order valence-electron chi connectivity index (χ3n) is 5.42. The molecule has 1 heterocycles. The Morgan fingerprint density at radius 1 is 1.28 bits per heavy atom. The van der Waals surface area contributed by atoms with E-state index in [1.54, 1.807) is 31.3 Å². The fourth-order valence-corrected chi connectivity index (χ4v) is 4.19. The summed E-state index contributed by atoms with van der Waals surface area (Å²) < 4.78 is 0. The lowest BCUT2D eigenvalue weighted by molar-refractivity contribution is 0.0696. The number of benzene rings is 2. The minimum atomic E-state index is -0.953. The maximum Gasteiger partial charge on any atom is 0.336 e. The molecule has 1 aliphatic heterocycles. The number of nitrogens with zero attached hydrogens (tertiary/aromatic N) is 2. The van der Waals surface area contributed by atoms with E-state index in [1.165, 1.54) is 5.57 Å². The Bertz CT molecular complexity index is 1020. The fourth-order valence-electron chi connectivity index (χ4n) is 3.98. The van der Waals surface area contributed by atoms with Gasteiger partial charge in [0.1, 0.15) is 0 Å². The third kappa shape index (κ3) is 4.08. The number of fused-ring (bicyclic) bond motifs is 1. The largest absolute Gasteiger partial charge is 0.478 e. The van der Waals surface area contributed by atoms with Crippen molar-refractivity contribution in [3.8, 4) is 0 Å². The number of aromatic carboxylic acids is 1. The number of allylic oxidation sites excluding steroid dienone is 1. The molecule has 152 valence electrons. The van der Waals surface area contributed by atoms with Crippen molar-refractivity contribution in [2.24, 2.45) is 4.99 Å². The van der Waals surface area contributed by atoms with Crippen molar-refractivity contribution in [3.05, 3.63) is 63.7 Å². The van der Waals surface area contributed by atoms with Crippen LogP contribution in [0.5, 0.6) is 0 Å². The topological polar surface area (TPSA) is 52.9 Å². The van der Waals surface area contributed by atoms with E-state index in [1.807, 2.05) is 6.07 Å². The maximum absolute atomic E-state index is 11.4. The molecule has 4 nitrogen and oxygen atoms in total. The molecule has 3 rings (SSSR count). The molecular formula is C24H27ClN2O2. The van der Waals surface area contributed by atoms with E-state index in [0.717, 1.165) is 29.8 Å². The van der Waals surface area contributed by atoms with Gasteiger partial charge >= 0.3 is 5.97 Å². The summed E-state index contributed by atoms with van der Waals surface area (Å²) in [7, 11) is 0. The first-order valence-electron chi connectivity index (χ1n) is 9.83. The number of hydrogen-bond acceptors (Lipinski definition) is 3. The van der Waals surface area contributed by atoms with E-state index in [4.69, 9.17) is 11.6 Å². The zero-order valence-corrected chi connectivity index (χ0v) is 18.3. The lowest BCUT2D eigenvalue weighted by atomic mass is 9.88. The highest BCUT2D eigenvalue weighted by Gasteiger charge is 2.31. The summed E-state index contributed by atoms with van der Waals surface area (Å²) in [6.07, 6.45) is 5.06. The summed E-state index contributed by atoms with van der Waals surface area (Å²) >= 11 is 6.62. The van der Waals surface area contributed by atoms with Gasteiger partial charge in [-0.25, -0.2) is 4.79 Å². The first-order valence-corrected chi connectivity index (χ1v) is 10.2. The number of hydrogen-bond donors (Lipinski definition) is 1. The third-order valence-corrected chi connectivity index (χ3v) is 5.75. The van der Waals surface area contributed by atoms with Crippen LogP contribution in [0.1, 0.15) is 61.2 Å². The van der Waals surface area contributed by atoms with Gasteiger partial charge in [0.2, 0.25) is 0 Å². The molecule has 0 aromatic heterocycles. The van der Waals surface area contributed by atoms with E-state index in [2.05, 4.69) is 49.7 Å². The van der Waals surface area contributed by atoms with Crippen molar-refractivity contribution >= 4 is 40.7 Å². The molecule has 0 amide bonds. The molecule has 0 saturated heterocycles. The monoisotopic (exact) mass is 410 g/mol. The molecule has 2 aromatic carbocycles. The van der Waals surface area contributed by atoms with Gasteiger partial charge in [0.15, 0.2) is 0 Å². The number of aliphatic imine (C=N–C) groups is 1. The van der Waals surface area contributed by atoms with Crippen LogP contribution in [0.15, 0.2) is 41.4 Å². The van der Waals surface area contributed by atoms with Crippen LogP contribution in [0.3, 0.4) is 0 Å². The molecule has 5 heteroatoms. The maximum atomic E-state index is 11.4. The Morgan fingerprint density at radius 2 is 2.00 bits per heavy atom. The molecule has 1 N–H and O–H groups in total. The first kappa shape index (κ1) is 21.1. The predicted octanol–water partition coefficient (Wildman–Crippen LogP) is 6.51. The molecule has 0 bridgehead atoms. The molecule has 0 aliphatic carbocycles. The van der Waals surface area contributed by atoms with Crippen molar-refractivity contribution in [2.45, 2.75) is 46.6 Å². The Kier molecular flexibility index (Phi) is 5.85. The van der Waals surface area contributed by atoms with Crippen LogP contribution in [0.2, 0.25) is 5.02 Å². The summed E-state index contributed by atoms with van der Waals surface area (Å²) in [5.41, 5.74) is 5.77. The summed E-state index contributed by atoms with van der Waals surface area (Å²) in [5.74, 6) is -0.953. The molecule has 0 unspecified atom stereocenters. The highest BCUT2D eigenvalue weighted by Crippen LogP contribution is 2.41. The highest BCUT2D eigenvalue weighted by atomic mass is 35.5. The van der Waals surface area contributed by atoms with E-state index < -0.39 is 5.97 Å². The first-order chi connectivity index (χ1) is 13.7. The number of carbonyl (C=O) groups is 1. The van der Waals surface area contributed by atoms with E-state index in [-0.39, 0.29) is 11.1 Å². The summed E-state index contributed by atoms with van der Waals surface area (Å²) in [5, 5.41) is 9.94. The van der Waals surface area contributed by atoms with E-state index in [9.17, 15) is 9.90 Å². The SMILES string of the molecule is CCCN1c2cc(Cl)c(C=Nc3cccc(C(=O)O)c3C)cc2C(C)=CC1(C)C. The van der Waals surface area contributed by atoms with Gasteiger partial charge < -0.3 is 10.0 Å². The zero-order valence-electron chi connectivity index (χ0n) is 17.6. The number of carboxylic acids is 1. The zero-order chi connectivity index (χ0) is 21.3. The molecule has 29 heavy (non-hydrogen) atoms. The Morgan fingerprint density at radius 3 is 2.66 bits per heavy atom. The van der Waals surface area contributed by atoms with Gasteiger partial charge in [-0.15, -0.1) is 0 Å². The Labute approximate surface area is 177 Å². The summed E-state index contributed by atoms with van der Waals surface area (Å²) in [6.45, 7) is 11.5. The normalized spacial score (nSPS) is 15.4. The number of anilines is 1. The quantitative estimate of drug-likeness (QED) is 0.571. The van der Waals surface area contributed by atoms with Gasteiger partial charge in [-0.1, -0.05) is 30.7 Å². The lowest BCUT2D eigenvalue weighted by Crippen LogP contribution is -2.45. The van der Waals surface area contributed by atoms with E-state index in [0.29, 0.717) is 16.3 Å². The number of carboxylic acid groups (broad SMARTS) is 1. The second-order valence-corrected chi connectivity index (χ2v) is 8.44. The lowest BCUT2D eigenvalue weighted by Gasteiger charge is -2.43. The van der Waals surface area contributed by atoms with Crippen LogP contribution >= 0.6 is 11.6 Å². The molecule has 0 fully saturated rings. The van der Waals surface area contributed by atoms with Gasteiger partial charge in [0, 0.05) is 29.6 Å². The van der Waals surface area contributed by atoms with Crippen LogP contribution in [0.4, 0.5) is 11.4 Å². The Hall–Kier alpha value is -2.59. The second-order valence-electron chi connectivity index (χ2n) is 8.04. The van der Waals surface area contributed by atoms with Gasteiger partial charge in [-0.3, -0.25) is 4.99 Å². The van der Waals surface area contributed by atoms with Gasteiger partial charge in [0.05, 0.1) is 21.8 Å². The molecule has 2 aromatic rings. The Balaban J connectivity index is 2.04. The van der Waals surface area contributed by atoms with Crippen molar-refractivity contribution in [3.63, 3.8) is 0 Å². The van der Waals surface area contributed by atoms with Crippen molar-refractivity contribution in [1.29, 1.82) is 0 Å². The smallest absolute Gasteiger partial charge is 0.336 e. The van der Waals surface area contributed by atoms with Crippen LogP contribution in [-0.4, -0.2) is 29.4 Å². The van der Waals surface area contributed by atoms with Crippen molar-refractivity contribution in [1.82, 2.24) is 0 Å². The standard InChI is InChI=1S/C24H27ClN2O2/c1-6-10-27-22-12-20(25)17(11-19(22)15(2)13-24(27,4)5)14-26-21-9-7-8-18(16(21)3)23(28)29/h7-9,11-14H,6,10H2,1-5H3,(H,28,29). The van der Waals surface area contributed by atoms with Gasteiger partial charge in [-0.2, -0.15) is 0 Å². The van der Waals surface area contributed by atoms with Crippen molar-refractivity contribution in [2.75, 3.05) is 11.4 Å². The van der Waals surface area contributed by atoms with E-state index >= 15 is 0 Å². The van der Waals surface area contributed by atoms with Gasteiger partial charge in [0.25, 0.3) is 0 Å². The van der Waals surface area contributed by atoms with Crippen LogP contribution in [-0.2, 0) is 0 Å². The number of halogens is 1. The van der Waals surface area contributed by atoms with Crippen LogP contribution in [0.25, 0.3) is 5.57 Å². The minimum Gasteiger partial charge on any atom is -0.478 e. The minimum absolute atomic E-state index is 0.0690. The fraction of sp³-hybridized carbons (Fsp3) is 0.333. The van der Waals surface area contributed by atoms with Gasteiger partial charge in [-0.05, 0) is 69.5 Å². The van der Waals surface area contributed by atoms with Crippen LogP contribution in [0, 0.1) is 6.92 Å². The molecule has 0 saturated carbocycles. The predicted molar refractivity (Wildman–Crippen MR) is 122 cm³/mol. The average Bonchev–Trinajstić information content (AvgIpc) is 2.64. The average molecular weight is 411 g/mol. The second kappa shape index (κ2) is 8.03. The molecule has 0 atom stereocenters. The highest BCUT2D eigenvalue weighted by molar-refractivity contribution is 6.33.